The molecule has 0 rings (SSSR count). The van der Waals surface area contributed by atoms with Crippen LogP contribution < -0.4 is 0 Å². The van der Waals surface area contributed by atoms with Gasteiger partial charge in [0.2, 0.25) is 0 Å². The molecule has 0 aromatic rings. The topological polar surface area (TPSA) is 17.1 Å². The van der Waals surface area contributed by atoms with Crippen LogP contribution in [0, 0.1) is 5.92 Å². The van der Waals surface area contributed by atoms with Crippen molar-refractivity contribution in [3.8, 4) is 0 Å². The van der Waals surface area contributed by atoms with Crippen LogP contribution in [0.1, 0.15) is 33.1 Å². The lowest BCUT2D eigenvalue weighted by Crippen LogP contribution is -1.86. The minimum absolute atomic E-state index is 0.564. The summed E-state index contributed by atoms with van der Waals surface area (Å²) in [6.45, 7) is 4.34. The summed E-state index contributed by atoms with van der Waals surface area (Å²) in [6.07, 6.45) is 7.97. The fourth-order valence-electron chi connectivity index (χ4n) is 0.918. The third kappa shape index (κ3) is 5.54. The van der Waals surface area contributed by atoms with E-state index in [2.05, 4.69) is 19.9 Å². The number of carbonyl (C=O) groups is 1. The SMILES string of the molecule is CCCC(C)/C=C/CC=O. The van der Waals surface area contributed by atoms with Crippen molar-refractivity contribution in [3.63, 3.8) is 0 Å². The molecule has 0 fully saturated rings. The van der Waals surface area contributed by atoms with Crippen LogP contribution in [-0.2, 0) is 4.79 Å². The maximum atomic E-state index is 9.89. The van der Waals surface area contributed by atoms with Gasteiger partial charge >= 0.3 is 0 Å². The standard InChI is InChI=1S/C9H16O/c1-3-6-9(2)7-4-5-8-10/h4,7-9H,3,5-6H2,1-2H3/b7-4+. The second-order valence-electron chi connectivity index (χ2n) is 2.60. The number of rotatable bonds is 5. The lowest BCUT2D eigenvalue weighted by molar-refractivity contribution is -0.107. The summed E-state index contributed by atoms with van der Waals surface area (Å²) in [4.78, 5) is 9.89. The molecule has 58 valence electrons. The molecule has 10 heavy (non-hydrogen) atoms. The molecule has 1 nitrogen and oxygen atoms in total. The molecule has 1 atom stereocenters. The van der Waals surface area contributed by atoms with Gasteiger partial charge in [-0.1, -0.05) is 32.4 Å². The summed E-state index contributed by atoms with van der Waals surface area (Å²) in [5.41, 5.74) is 0. The first-order chi connectivity index (χ1) is 4.81. The highest BCUT2D eigenvalue weighted by Crippen LogP contribution is 2.05. The molecule has 1 unspecified atom stereocenters. The normalized spacial score (nSPS) is 13.8. The predicted molar refractivity (Wildman–Crippen MR) is 43.9 cm³/mol. The van der Waals surface area contributed by atoms with Gasteiger partial charge in [-0.25, -0.2) is 0 Å². The number of aldehydes is 1. The third-order valence-electron chi connectivity index (χ3n) is 1.44. The van der Waals surface area contributed by atoms with Crippen molar-refractivity contribution in [2.75, 3.05) is 0 Å². The number of allylic oxidation sites excluding steroid dienone is 2. The molecule has 0 N–H and O–H groups in total. The van der Waals surface area contributed by atoms with Gasteiger partial charge < -0.3 is 4.79 Å². The van der Waals surface area contributed by atoms with E-state index in [1.54, 1.807) is 0 Å². The molecule has 0 aromatic heterocycles. The highest BCUT2D eigenvalue weighted by molar-refractivity contribution is 5.51. The fourth-order valence-corrected chi connectivity index (χ4v) is 0.918. The summed E-state index contributed by atoms with van der Waals surface area (Å²) < 4.78 is 0. The van der Waals surface area contributed by atoms with Gasteiger partial charge in [-0.15, -0.1) is 0 Å². The van der Waals surface area contributed by atoms with Crippen molar-refractivity contribution >= 4 is 6.29 Å². The molecule has 0 spiro atoms. The molecule has 0 saturated carbocycles. The highest BCUT2D eigenvalue weighted by Gasteiger charge is 1.91. The highest BCUT2D eigenvalue weighted by atomic mass is 16.1. The molecule has 0 aromatic carbocycles. The second kappa shape index (κ2) is 6.53. The van der Waals surface area contributed by atoms with Gasteiger partial charge in [-0.05, 0) is 12.3 Å². The van der Waals surface area contributed by atoms with Crippen molar-refractivity contribution in [1.29, 1.82) is 0 Å². The minimum Gasteiger partial charge on any atom is -0.303 e. The minimum atomic E-state index is 0.564. The lowest BCUT2D eigenvalue weighted by Gasteiger charge is -2.00. The van der Waals surface area contributed by atoms with E-state index in [4.69, 9.17) is 0 Å². The van der Waals surface area contributed by atoms with Gasteiger partial charge in [0.25, 0.3) is 0 Å². The van der Waals surface area contributed by atoms with E-state index in [9.17, 15) is 4.79 Å². The average Bonchev–Trinajstić information content (AvgIpc) is 1.89. The molecule has 0 aliphatic rings. The Morgan fingerprint density at radius 2 is 2.20 bits per heavy atom. The molecule has 0 heterocycles. The van der Waals surface area contributed by atoms with Crippen LogP contribution in [0.15, 0.2) is 12.2 Å². The van der Waals surface area contributed by atoms with Crippen molar-refractivity contribution < 1.29 is 4.79 Å². The van der Waals surface area contributed by atoms with Crippen LogP contribution in [0.3, 0.4) is 0 Å². The van der Waals surface area contributed by atoms with Crippen molar-refractivity contribution in [1.82, 2.24) is 0 Å². The van der Waals surface area contributed by atoms with Gasteiger partial charge in [0.1, 0.15) is 6.29 Å². The third-order valence-corrected chi connectivity index (χ3v) is 1.44. The fraction of sp³-hybridized carbons (Fsp3) is 0.667. The predicted octanol–water partition coefficient (Wildman–Crippen LogP) is 2.57. The Hall–Kier alpha value is -0.590. The van der Waals surface area contributed by atoms with Crippen LogP contribution in [-0.4, -0.2) is 6.29 Å². The largest absolute Gasteiger partial charge is 0.303 e. The Kier molecular flexibility index (Phi) is 6.14. The first kappa shape index (κ1) is 9.41. The van der Waals surface area contributed by atoms with E-state index in [-0.39, 0.29) is 0 Å². The summed E-state index contributed by atoms with van der Waals surface area (Å²) in [6, 6.07) is 0. The van der Waals surface area contributed by atoms with E-state index in [1.165, 1.54) is 12.8 Å². The average molecular weight is 140 g/mol. The van der Waals surface area contributed by atoms with Crippen LogP contribution in [0.25, 0.3) is 0 Å². The van der Waals surface area contributed by atoms with E-state index in [0.717, 1.165) is 6.29 Å². The molecule has 0 amide bonds. The zero-order valence-corrected chi connectivity index (χ0v) is 6.84. The quantitative estimate of drug-likeness (QED) is 0.423. The van der Waals surface area contributed by atoms with Gasteiger partial charge in [-0.2, -0.15) is 0 Å². The van der Waals surface area contributed by atoms with Gasteiger partial charge in [-0.3, -0.25) is 0 Å². The monoisotopic (exact) mass is 140 g/mol. The Morgan fingerprint density at radius 3 is 2.70 bits per heavy atom. The molecular weight excluding hydrogens is 124 g/mol. The first-order valence-corrected chi connectivity index (χ1v) is 3.91. The van der Waals surface area contributed by atoms with Crippen LogP contribution >= 0.6 is 0 Å². The summed E-state index contributed by atoms with van der Waals surface area (Å²) in [5, 5.41) is 0. The molecule has 0 saturated heterocycles. The number of carbonyl (C=O) groups excluding carboxylic acids is 1. The Labute approximate surface area is 63.1 Å². The lowest BCUT2D eigenvalue weighted by atomic mass is 10.1. The van der Waals surface area contributed by atoms with Crippen LogP contribution in [0.2, 0.25) is 0 Å². The molecule has 0 aliphatic heterocycles. The smallest absolute Gasteiger partial charge is 0.123 e. The molecule has 0 bridgehead atoms. The van der Waals surface area contributed by atoms with E-state index in [0.29, 0.717) is 12.3 Å². The molecule has 0 aliphatic carbocycles. The zero-order chi connectivity index (χ0) is 7.82. The second-order valence-corrected chi connectivity index (χ2v) is 2.60. The Balaban J connectivity index is 3.34. The van der Waals surface area contributed by atoms with Crippen molar-refractivity contribution in [2.45, 2.75) is 33.1 Å². The van der Waals surface area contributed by atoms with Gasteiger partial charge in [0, 0.05) is 6.42 Å². The zero-order valence-electron chi connectivity index (χ0n) is 6.84. The summed E-state index contributed by atoms with van der Waals surface area (Å²) in [7, 11) is 0. The first-order valence-electron chi connectivity index (χ1n) is 3.91. The van der Waals surface area contributed by atoms with Crippen molar-refractivity contribution in [2.24, 2.45) is 5.92 Å². The summed E-state index contributed by atoms with van der Waals surface area (Å²) >= 11 is 0. The van der Waals surface area contributed by atoms with Gasteiger partial charge in [0.15, 0.2) is 0 Å². The van der Waals surface area contributed by atoms with Crippen LogP contribution in [0.5, 0.6) is 0 Å². The van der Waals surface area contributed by atoms with E-state index >= 15 is 0 Å². The Bertz CT molecular complexity index is 105. The Morgan fingerprint density at radius 1 is 1.50 bits per heavy atom. The van der Waals surface area contributed by atoms with Crippen molar-refractivity contribution in [3.05, 3.63) is 12.2 Å². The number of hydrogen-bond acceptors (Lipinski definition) is 1. The molecule has 1 heteroatoms. The van der Waals surface area contributed by atoms with E-state index in [1.807, 2.05) is 6.08 Å². The maximum Gasteiger partial charge on any atom is 0.123 e. The van der Waals surface area contributed by atoms with E-state index < -0.39 is 0 Å². The molecule has 0 radical (unpaired) electrons. The molecular formula is C9H16O. The van der Waals surface area contributed by atoms with Crippen LogP contribution in [0.4, 0.5) is 0 Å². The number of hydrogen-bond donors (Lipinski definition) is 0. The maximum absolute atomic E-state index is 9.89. The van der Waals surface area contributed by atoms with Gasteiger partial charge in [0.05, 0.1) is 0 Å². The summed E-state index contributed by atoms with van der Waals surface area (Å²) in [5.74, 6) is 0.630.